The molecule has 5 nitrogen and oxygen atoms in total. The van der Waals surface area contributed by atoms with E-state index >= 15 is 0 Å². The molecular weight excluding hydrogens is 412 g/mol. The van der Waals surface area contributed by atoms with Gasteiger partial charge in [0.1, 0.15) is 23.5 Å². The SMILES string of the molecule is NC1=NC2(CO1)c1cc(/C3=C/C=C/C=C/c4ccccc43)ccc1OC1(CCC1)C21COC1. The highest BCUT2D eigenvalue weighted by Crippen LogP contribution is 2.67. The Morgan fingerprint density at radius 2 is 1.82 bits per heavy atom. The third-order valence-corrected chi connectivity index (χ3v) is 8.31. The minimum Gasteiger partial charge on any atom is -0.486 e. The van der Waals surface area contributed by atoms with E-state index < -0.39 is 5.54 Å². The first-order chi connectivity index (χ1) is 16.2. The van der Waals surface area contributed by atoms with Gasteiger partial charge in [-0.15, -0.1) is 0 Å². The standard InChI is InChI=1S/C28H26N2O3/c29-25-30-28(18-32-25)23-15-20(22-9-3-1-2-7-19-8-4-5-10-21(19)22)11-12-24(23)33-27(13-6-14-27)26(28)16-31-17-26/h1-5,7-12,15H,6,13-14,16-18H2,(H2,29,30)/b2-1?,3-1+,7-2+,9-3?,19-7?,22-9-,22-21?. The van der Waals surface area contributed by atoms with E-state index in [1.54, 1.807) is 0 Å². The third kappa shape index (κ3) is 2.38. The van der Waals surface area contributed by atoms with Crippen LogP contribution in [0, 0.1) is 5.41 Å². The molecule has 1 saturated heterocycles. The van der Waals surface area contributed by atoms with Crippen molar-refractivity contribution < 1.29 is 14.2 Å². The molecule has 5 heteroatoms. The first-order valence-electron chi connectivity index (χ1n) is 11.7. The first kappa shape index (κ1) is 19.2. The highest BCUT2D eigenvalue weighted by molar-refractivity contribution is 5.87. The van der Waals surface area contributed by atoms with Crippen molar-refractivity contribution in [1.82, 2.24) is 0 Å². The summed E-state index contributed by atoms with van der Waals surface area (Å²) in [6.07, 6.45) is 13.8. The van der Waals surface area contributed by atoms with E-state index in [2.05, 4.69) is 72.8 Å². The number of fused-ring (bicyclic) bond motifs is 5. The second-order valence-corrected chi connectivity index (χ2v) is 9.75. The Morgan fingerprint density at radius 3 is 2.55 bits per heavy atom. The van der Waals surface area contributed by atoms with Gasteiger partial charge in [-0.2, -0.15) is 0 Å². The lowest BCUT2D eigenvalue weighted by atomic mass is 9.49. The van der Waals surface area contributed by atoms with E-state index in [-0.39, 0.29) is 17.0 Å². The van der Waals surface area contributed by atoms with Crippen LogP contribution < -0.4 is 10.5 Å². The number of hydrogen-bond donors (Lipinski definition) is 1. The number of aliphatic imine (C=N–C) groups is 1. The molecule has 2 fully saturated rings. The molecular formula is C28H26N2O3. The maximum Gasteiger partial charge on any atom is 0.283 e. The molecule has 1 unspecified atom stereocenters. The highest BCUT2D eigenvalue weighted by Gasteiger charge is 2.75. The summed E-state index contributed by atoms with van der Waals surface area (Å²) in [5, 5.41) is 0. The van der Waals surface area contributed by atoms with Crippen molar-refractivity contribution in [3.63, 3.8) is 0 Å². The molecule has 3 heterocycles. The molecule has 1 saturated carbocycles. The second-order valence-electron chi connectivity index (χ2n) is 9.75. The van der Waals surface area contributed by atoms with Gasteiger partial charge in [-0.3, -0.25) is 0 Å². The van der Waals surface area contributed by atoms with Gasteiger partial charge in [0.2, 0.25) is 0 Å². The summed E-state index contributed by atoms with van der Waals surface area (Å²) in [6.45, 7) is 1.67. The minimum absolute atomic E-state index is 0.249. The van der Waals surface area contributed by atoms with E-state index in [0.29, 0.717) is 19.8 Å². The Morgan fingerprint density at radius 1 is 0.939 bits per heavy atom. The predicted octanol–water partition coefficient (Wildman–Crippen LogP) is 4.57. The van der Waals surface area contributed by atoms with Crippen molar-refractivity contribution in [2.45, 2.75) is 30.4 Å². The summed E-state index contributed by atoms with van der Waals surface area (Å²) in [5.41, 5.74) is 10.8. The largest absolute Gasteiger partial charge is 0.486 e. The second kappa shape index (κ2) is 6.61. The monoisotopic (exact) mass is 438 g/mol. The zero-order valence-corrected chi connectivity index (χ0v) is 18.4. The summed E-state index contributed by atoms with van der Waals surface area (Å²) in [7, 11) is 0. The number of allylic oxidation sites excluding steroid dienone is 4. The topological polar surface area (TPSA) is 66.1 Å². The maximum absolute atomic E-state index is 6.80. The number of hydrogen-bond acceptors (Lipinski definition) is 5. The van der Waals surface area contributed by atoms with Crippen LogP contribution in [0.25, 0.3) is 11.6 Å². The zero-order valence-electron chi connectivity index (χ0n) is 18.4. The van der Waals surface area contributed by atoms with E-state index in [4.69, 9.17) is 24.9 Å². The van der Waals surface area contributed by atoms with Gasteiger partial charge in [0.05, 0.1) is 18.6 Å². The van der Waals surface area contributed by atoms with Gasteiger partial charge in [0.15, 0.2) is 0 Å². The van der Waals surface area contributed by atoms with Crippen LogP contribution in [0.4, 0.5) is 0 Å². The molecule has 3 aliphatic heterocycles. The fraction of sp³-hybridized carbons (Fsp3) is 0.321. The Bertz CT molecular complexity index is 1280. The Balaban J connectivity index is 1.44. The first-order valence-corrected chi connectivity index (χ1v) is 11.7. The summed E-state index contributed by atoms with van der Waals surface area (Å²) in [6, 6.07) is 15.3. The molecule has 0 amide bonds. The lowest BCUT2D eigenvalue weighted by Crippen LogP contribution is -2.75. The van der Waals surface area contributed by atoms with Gasteiger partial charge in [0, 0.05) is 5.56 Å². The van der Waals surface area contributed by atoms with Crippen LogP contribution in [0.2, 0.25) is 0 Å². The molecule has 33 heavy (non-hydrogen) atoms. The molecule has 0 bridgehead atoms. The van der Waals surface area contributed by atoms with Crippen LogP contribution in [-0.2, 0) is 15.0 Å². The molecule has 5 aliphatic rings. The molecule has 2 aromatic carbocycles. The number of ether oxygens (including phenoxy) is 3. The maximum atomic E-state index is 6.80. The van der Waals surface area contributed by atoms with Gasteiger partial charge in [-0.05, 0) is 53.7 Å². The number of rotatable bonds is 1. The number of nitrogens with two attached hydrogens (primary N) is 1. The lowest BCUT2D eigenvalue weighted by Gasteiger charge is -2.66. The molecule has 1 atom stereocenters. The molecule has 2 aliphatic carbocycles. The van der Waals surface area contributed by atoms with E-state index in [1.807, 2.05) is 0 Å². The van der Waals surface area contributed by atoms with Gasteiger partial charge in [0.25, 0.3) is 6.02 Å². The van der Waals surface area contributed by atoms with Crippen LogP contribution >= 0.6 is 0 Å². The third-order valence-electron chi connectivity index (χ3n) is 8.31. The smallest absolute Gasteiger partial charge is 0.283 e. The molecule has 2 N–H and O–H groups in total. The van der Waals surface area contributed by atoms with Gasteiger partial charge in [-0.1, -0.05) is 60.7 Å². The van der Waals surface area contributed by atoms with Gasteiger partial charge in [-0.25, -0.2) is 4.99 Å². The molecule has 0 aromatic heterocycles. The molecule has 7 rings (SSSR count). The molecule has 3 spiro atoms. The van der Waals surface area contributed by atoms with Crippen molar-refractivity contribution in [3.8, 4) is 5.75 Å². The predicted molar refractivity (Wildman–Crippen MR) is 128 cm³/mol. The number of nitrogens with zero attached hydrogens (tertiary/aromatic N) is 1. The summed E-state index contributed by atoms with van der Waals surface area (Å²) in [4.78, 5) is 5.01. The fourth-order valence-electron chi connectivity index (χ4n) is 6.36. The van der Waals surface area contributed by atoms with Crippen molar-refractivity contribution in [2.24, 2.45) is 16.1 Å². The number of benzene rings is 2. The minimum atomic E-state index is -0.587. The van der Waals surface area contributed by atoms with Gasteiger partial charge >= 0.3 is 0 Å². The quantitative estimate of drug-likeness (QED) is 0.708. The van der Waals surface area contributed by atoms with Crippen molar-refractivity contribution in [1.29, 1.82) is 0 Å². The van der Waals surface area contributed by atoms with Crippen LogP contribution in [0.15, 0.2) is 71.8 Å². The van der Waals surface area contributed by atoms with Crippen LogP contribution in [0.1, 0.15) is 41.5 Å². The van der Waals surface area contributed by atoms with E-state index in [1.165, 1.54) is 16.7 Å². The van der Waals surface area contributed by atoms with Gasteiger partial charge < -0.3 is 19.9 Å². The average Bonchev–Trinajstić information content (AvgIpc) is 3.14. The Hall–Kier alpha value is -3.31. The van der Waals surface area contributed by atoms with Crippen LogP contribution in [-0.4, -0.2) is 31.4 Å². The average molecular weight is 439 g/mol. The molecule has 166 valence electrons. The van der Waals surface area contributed by atoms with Crippen LogP contribution in [0.3, 0.4) is 0 Å². The zero-order chi connectivity index (χ0) is 22.1. The molecule has 0 radical (unpaired) electrons. The summed E-state index contributed by atoms with van der Waals surface area (Å²) >= 11 is 0. The van der Waals surface area contributed by atoms with Crippen LogP contribution in [0.5, 0.6) is 5.75 Å². The van der Waals surface area contributed by atoms with Crippen molar-refractivity contribution in [2.75, 3.05) is 19.8 Å². The normalized spacial score (nSPS) is 30.8. The Labute approximate surface area is 193 Å². The molecule has 2 aromatic rings. The van der Waals surface area contributed by atoms with E-state index in [0.717, 1.165) is 36.1 Å². The van der Waals surface area contributed by atoms with Crippen molar-refractivity contribution >= 4 is 17.7 Å². The van der Waals surface area contributed by atoms with Crippen molar-refractivity contribution in [3.05, 3.63) is 89.0 Å². The summed E-state index contributed by atoms with van der Waals surface area (Å²) < 4.78 is 18.5. The Kier molecular flexibility index (Phi) is 3.84. The van der Waals surface area contributed by atoms with E-state index in [9.17, 15) is 0 Å². The fourth-order valence-corrected chi connectivity index (χ4v) is 6.36. The lowest BCUT2D eigenvalue weighted by molar-refractivity contribution is -0.281. The highest BCUT2D eigenvalue weighted by atomic mass is 16.5. The summed E-state index contributed by atoms with van der Waals surface area (Å²) in [5.74, 6) is 0.896. The number of amidine groups is 1.